The molecule has 0 N–H and O–H groups in total. The fourth-order valence-electron chi connectivity index (χ4n) is 7.72. The van der Waals surface area contributed by atoms with Gasteiger partial charge in [-0.25, -0.2) is 9.97 Å². The Balaban J connectivity index is 1.33. The Kier molecular flexibility index (Phi) is 7.33. The molecule has 0 spiro atoms. The molecular formula is C47H36N7+. The first-order chi connectivity index (χ1) is 26.5. The summed E-state index contributed by atoms with van der Waals surface area (Å²) in [5, 5.41) is 1.11. The summed E-state index contributed by atoms with van der Waals surface area (Å²) in [7, 11) is 0. The number of aromatic nitrogens is 7. The van der Waals surface area contributed by atoms with Crippen LogP contribution in [0.4, 0.5) is 0 Å². The third-order valence-electron chi connectivity index (χ3n) is 10.4. The second-order valence-corrected chi connectivity index (χ2v) is 13.8. The first-order valence-electron chi connectivity index (χ1n) is 18.2. The third kappa shape index (κ3) is 5.04. The van der Waals surface area contributed by atoms with Crippen LogP contribution in [0.5, 0.6) is 0 Å². The molecule has 4 heterocycles. The van der Waals surface area contributed by atoms with Gasteiger partial charge < -0.3 is 0 Å². The number of fused-ring (bicyclic) bond motifs is 3. The van der Waals surface area contributed by atoms with Crippen molar-refractivity contribution in [1.29, 1.82) is 0 Å². The van der Waals surface area contributed by atoms with Gasteiger partial charge in [0.05, 0.1) is 44.6 Å². The molecule has 258 valence electrons. The lowest BCUT2D eigenvalue weighted by atomic mass is 10.1. The Morgan fingerprint density at radius 2 is 0.926 bits per heavy atom. The van der Waals surface area contributed by atoms with Gasteiger partial charge in [-0.2, -0.15) is 4.68 Å². The number of hydrogen-bond acceptors (Lipinski definition) is 3. The highest BCUT2D eigenvalue weighted by Gasteiger charge is 2.28. The molecule has 10 rings (SSSR count). The quantitative estimate of drug-likeness (QED) is 0.163. The number of rotatable bonds is 6. The van der Waals surface area contributed by atoms with Gasteiger partial charge in [-0.1, -0.05) is 91.0 Å². The van der Waals surface area contributed by atoms with Crippen LogP contribution in [0, 0.1) is 20.8 Å². The van der Waals surface area contributed by atoms with E-state index in [-0.39, 0.29) is 0 Å². The largest absolute Gasteiger partial charge is 0.348 e. The summed E-state index contributed by atoms with van der Waals surface area (Å²) in [5.74, 6) is 2.33. The number of nitrogens with zero attached hydrogens (tertiary/aromatic N) is 7. The van der Waals surface area contributed by atoms with Gasteiger partial charge in [-0.05, 0) is 97.0 Å². The standard InChI is InChI=1S/C47H36N7/c1-31-16-4-10-22-39(31)52-43-26-14-8-20-36(43)49-46(52)35-28-38(47-50-37-21-9-15-27-44(37)53(47)40-23-11-5-17-32(40)2)48-45(29-35)51-30-34-19-7-13-25-42(34)54(51)41-24-12-6-18-33(41)3/h4-30H,1-3H3/q+1. The number of para-hydroxylation sites is 8. The van der Waals surface area contributed by atoms with Crippen LogP contribution >= 0.6 is 0 Å². The molecule has 54 heavy (non-hydrogen) atoms. The molecule has 0 saturated heterocycles. The molecule has 0 saturated carbocycles. The van der Waals surface area contributed by atoms with Gasteiger partial charge in [0.15, 0.2) is 5.82 Å². The predicted molar refractivity (Wildman–Crippen MR) is 217 cm³/mol. The zero-order valence-corrected chi connectivity index (χ0v) is 30.2. The minimum absolute atomic E-state index is 0.736. The maximum absolute atomic E-state index is 5.52. The topological polar surface area (TPSA) is 57.3 Å². The van der Waals surface area contributed by atoms with Gasteiger partial charge >= 0.3 is 5.82 Å². The lowest BCUT2D eigenvalue weighted by Gasteiger charge is -2.14. The summed E-state index contributed by atoms with van der Waals surface area (Å²) in [5.41, 5.74) is 13.3. The van der Waals surface area contributed by atoms with Crippen molar-refractivity contribution in [3.63, 3.8) is 0 Å². The average molecular weight is 699 g/mol. The summed E-state index contributed by atoms with van der Waals surface area (Å²) in [6.07, 6.45) is 2.17. The Bertz CT molecular complexity index is 2710. The maximum atomic E-state index is 5.52. The van der Waals surface area contributed by atoms with E-state index < -0.39 is 0 Å². The van der Waals surface area contributed by atoms with Gasteiger partial charge in [0, 0.05) is 23.1 Å². The van der Waals surface area contributed by atoms with Crippen LogP contribution < -0.4 is 4.68 Å². The summed E-state index contributed by atoms with van der Waals surface area (Å²) < 4.78 is 8.95. The van der Waals surface area contributed by atoms with E-state index in [1.165, 1.54) is 0 Å². The van der Waals surface area contributed by atoms with E-state index >= 15 is 0 Å². The number of imidazole rings is 2. The number of aryl methyl sites for hydroxylation is 3. The molecule has 0 amide bonds. The molecule has 7 heteroatoms. The van der Waals surface area contributed by atoms with Gasteiger partial charge in [0.25, 0.3) is 0 Å². The number of benzene rings is 6. The minimum atomic E-state index is 0.736. The molecule has 0 bridgehead atoms. The third-order valence-corrected chi connectivity index (χ3v) is 10.4. The first kappa shape index (κ1) is 31.6. The molecule has 0 aliphatic carbocycles. The second kappa shape index (κ2) is 12.5. The molecule has 7 nitrogen and oxygen atoms in total. The van der Waals surface area contributed by atoms with Crippen LogP contribution in [0.2, 0.25) is 0 Å². The minimum Gasteiger partial charge on any atom is -0.292 e. The maximum Gasteiger partial charge on any atom is 0.348 e. The normalized spacial score (nSPS) is 11.6. The fraction of sp³-hybridized carbons (Fsp3) is 0.0638. The van der Waals surface area contributed by atoms with E-state index in [0.29, 0.717) is 0 Å². The average Bonchev–Trinajstić information content (AvgIpc) is 3.91. The molecule has 0 atom stereocenters. The Hall–Kier alpha value is -7.12. The number of pyridine rings is 1. The van der Waals surface area contributed by atoms with Crippen LogP contribution in [0.15, 0.2) is 164 Å². The van der Waals surface area contributed by atoms with Gasteiger partial charge in [-0.3, -0.25) is 9.13 Å². The monoisotopic (exact) mass is 698 g/mol. The molecule has 0 aliphatic rings. The zero-order chi connectivity index (χ0) is 36.3. The van der Waals surface area contributed by atoms with Crippen LogP contribution in [-0.2, 0) is 0 Å². The summed E-state index contributed by atoms with van der Waals surface area (Å²) in [6, 6.07) is 54.9. The van der Waals surface area contributed by atoms with Crippen molar-refractivity contribution in [2.45, 2.75) is 20.8 Å². The molecule has 0 radical (unpaired) electrons. The van der Waals surface area contributed by atoms with Gasteiger partial charge in [0.2, 0.25) is 5.69 Å². The Morgan fingerprint density at radius 3 is 1.54 bits per heavy atom. The first-order valence-corrected chi connectivity index (χ1v) is 18.2. The SMILES string of the molecule is Cc1ccccc1-n1c(-c2cc(-c3nc4ccccc4n3-c3ccccc3C)nc(-[n+]3cc4ccccc4n3-c3ccccc3C)c2)nc2ccccc21. The molecule has 0 aliphatic heterocycles. The second-order valence-electron chi connectivity index (χ2n) is 13.8. The molecule has 4 aromatic heterocycles. The van der Waals surface area contributed by atoms with Gasteiger partial charge in [-0.15, -0.1) is 4.68 Å². The summed E-state index contributed by atoms with van der Waals surface area (Å²) in [6.45, 7) is 6.45. The van der Waals surface area contributed by atoms with E-state index in [9.17, 15) is 0 Å². The number of hydrogen-bond donors (Lipinski definition) is 0. The van der Waals surface area contributed by atoms with E-state index in [1.54, 1.807) is 0 Å². The predicted octanol–water partition coefficient (Wildman–Crippen LogP) is 10.2. The molecular weight excluding hydrogens is 663 g/mol. The molecule has 6 aromatic carbocycles. The lowest BCUT2D eigenvalue weighted by Crippen LogP contribution is -2.40. The van der Waals surface area contributed by atoms with Crippen molar-refractivity contribution in [3.8, 4) is 45.8 Å². The molecule has 0 unspecified atom stereocenters. The van der Waals surface area contributed by atoms with Crippen molar-refractivity contribution in [2.75, 3.05) is 0 Å². The summed E-state index contributed by atoms with van der Waals surface area (Å²) in [4.78, 5) is 16.2. The Morgan fingerprint density at radius 1 is 0.444 bits per heavy atom. The van der Waals surface area contributed by atoms with E-state index in [2.05, 4.69) is 191 Å². The van der Waals surface area contributed by atoms with E-state index in [0.717, 1.165) is 95.4 Å². The van der Waals surface area contributed by atoms with Crippen molar-refractivity contribution in [2.24, 2.45) is 0 Å². The zero-order valence-electron chi connectivity index (χ0n) is 30.2. The smallest absolute Gasteiger partial charge is 0.292 e. The van der Waals surface area contributed by atoms with Crippen LogP contribution in [-0.4, -0.2) is 28.8 Å². The highest BCUT2D eigenvalue weighted by molar-refractivity contribution is 5.86. The van der Waals surface area contributed by atoms with E-state index in [4.69, 9.17) is 15.0 Å². The van der Waals surface area contributed by atoms with Crippen molar-refractivity contribution < 1.29 is 4.68 Å². The summed E-state index contributed by atoms with van der Waals surface area (Å²) >= 11 is 0. The highest BCUT2D eigenvalue weighted by atomic mass is 15.4. The van der Waals surface area contributed by atoms with Gasteiger partial charge in [0.1, 0.15) is 12.0 Å². The fourth-order valence-corrected chi connectivity index (χ4v) is 7.72. The van der Waals surface area contributed by atoms with Crippen LogP contribution in [0.3, 0.4) is 0 Å². The van der Waals surface area contributed by atoms with E-state index in [1.807, 2.05) is 12.1 Å². The van der Waals surface area contributed by atoms with Crippen LogP contribution in [0.25, 0.3) is 78.8 Å². The van der Waals surface area contributed by atoms with Crippen LogP contribution in [0.1, 0.15) is 16.7 Å². The molecule has 10 aromatic rings. The van der Waals surface area contributed by atoms with Crippen molar-refractivity contribution in [1.82, 2.24) is 28.8 Å². The van der Waals surface area contributed by atoms with Crippen molar-refractivity contribution >= 4 is 33.0 Å². The Labute approximate surface area is 312 Å². The lowest BCUT2D eigenvalue weighted by molar-refractivity contribution is -0.675. The highest BCUT2D eigenvalue weighted by Crippen LogP contribution is 2.35. The molecule has 0 fully saturated rings. The van der Waals surface area contributed by atoms with Crippen molar-refractivity contribution in [3.05, 3.63) is 181 Å².